The van der Waals surface area contributed by atoms with Crippen molar-refractivity contribution in [2.45, 2.75) is 0 Å². The molecule has 1 heteroatoms. The fourth-order valence-corrected chi connectivity index (χ4v) is 8.31. The molecule has 0 atom stereocenters. The van der Waals surface area contributed by atoms with Gasteiger partial charge in [-0.25, -0.2) is 0 Å². The second kappa shape index (κ2) is 10.0. The zero-order chi connectivity index (χ0) is 32.1. The highest BCUT2D eigenvalue weighted by atomic mass is 16.3. The second-order valence-corrected chi connectivity index (χ2v) is 13.2. The molecule has 0 saturated heterocycles. The van der Waals surface area contributed by atoms with Crippen LogP contribution in [-0.2, 0) is 0 Å². The number of hydrogen-bond acceptors (Lipinski definition) is 1. The summed E-state index contributed by atoms with van der Waals surface area (Å²) in [5, 5.41) is 14.9. The van der Waals surface area contributed by atoms with E-state index in [4.69, 9.17) is 4.42 Å². The lowest BCUT2D eigenvalue weighted by atomic mass is 9.87. The number of hydrogen-bond donors (Lipinski definition) is 0. The summed E-state index contributed by atoms with van der Waals surface area (Å²) in [4.78, 5) is 0. The standard InChI is InChI=1S/C48H28O/c1-2-9-29(10-3-1)36-23-24-40(39-16-7-6-15-38(36)39)43-26-35(27-44-42-25-33-11-4-5-12-34(33)28-45(42)49-48(43)44)37-21-19-32-18-17-30-13-8-14-31-20-22-41(37)47(32)46(30)31/h1-28H. The quantitative estimate of drug-likeness (QED) is 0.179. The van der Waals surface area contributed by atoms with Crippen molar-refractivity contribution in [2.24, 2.45) is 0 Å². The van der Waals surface area contributed by atoms with Crippen molar-refractivity contribution in [3.05, 3.63) is 170 Å². The minimum atomic E-state index is 0.910. The number of benzene rings is 10. The Morgan fingerprint density at radius 1 is 0.286 bits per heavy atom. The van der Waals surface area contributed by atoms with E-state index in [-0.39, 0.29) is 0 Å². The molecule has 1 nitrogen and oxygen atoms in total. The highest BCUT2D eigenvalue weighted by Gasteiger charge is 2.20. The number of fused-ring (bicyclic) bond motifs is 5. The molecule has 11 aromatic rings. The molecular weight excluding hydrogens is 593 g/mol. The molecule has 0 radical (unpaired) electrons. The van der Waals surface area contributed by atoms with Gasteiger partial charge < -0.3 is 4.42 Å². The van der Waals surface area contributed by atoms with Crippen molar-refractivity contribution < 1.29 is 4.42 Å². The first-order valence-corrected chi connectivity index (χ1v) is 16.9. The molecule has 0 saturated carbocycles. The summed E-state index contributed by atoms with van der Waals surface area (Å²) in [6.07, 6.45) is 0. The van der Waals surface area contributed by atoms with E-state index >= 15 is 0 Å². The van der Waals surface area contributed by atoms with Crippen LogP contribution in [0.1, 0.15) is 0 Å². The highest BCUT2D eigenvalue weighted by Crippen LogP contribution is 2.46. The van der Waals surface area contributed by atoms with Crippen LogP contribution < -0.4 is 0 Å². The lowest BCUT2D eigenvalue weighted by Crippen LogP contribution is -1.90. The molecule has 0 amide bonds. The molecule has 11 rings (SSSR count). The largest absolute Gasteiger partial charge is 0.455 e. The fraction of sp³-hybridized carbons (Fsp3) is 0. The zero-order valence-electron chi connectivity index (χ0n) is 26.6. The van der Waals surface area contributed by atoms with Gasteiger partial charge in [0.15, 0.2) is 0 Å². The van der Waals surface area contributed by atoms with Crippen molar-refractivity contribution in [3.8, 4) is 33.4 Å². The Balaban J connectivity index is 1.26. The van der Waals surface area contributed by atoms with Crippen molar-refractivity contribution in [3.63, 3.8) is 0 Å². The van der Waals surface area contributed by atoms with Gasteiger partial charge in [-0.15, -0.1) is 0 Å². The van der Waals surface area contributed by atoms with Crippen LogP contribution in [0.25, 0.3) is 109 Å². The van der Waals surface area contributed by atoms with E-state index in [2.05, 4.69) is 170 Å². The average Bonchev–Trinajstić information content (AvgIpc) is 3.52. The van der Waals surface area contributed by atoms with Gasteiger partial charge >= 0.3 is 0 Å². The molecule has 0 aliphatic rings. The van der Waals surface area contributed by atoms with Crippen LogP contribution >= 0.6 is 0 Å². The summed E-state index contributed by atoms with van der Waals surface area (Å²) in [6, 6.07) is 62.1. The van der Waals surface area contributed by atoms with Crippen LogP contribution in [0.15, 0.2) is 174 Å². The van der Waals surface area contributed by atoms with E-state index in [9.17, 15) is 0 Å². The molecule has 0 fully saturated rings. The highest BCUT2D eigenvalue weighted by molar-refractivity contribution is 6.26. The van der Waals surface area contributed by atoms with Crippen LogP contribution in [0.4, 0.5) is 0 Å². The minimum absolute atomic E-state index is 0.910. The molecule has 0 aliphatic heterocycles. The molecule has 226 valence electrons. The van der Waals surface area contributed by atoms with Gasteiger partial charge in [0, 0.05) is 16.3 Å². The molecule has 1 aromatic heterocycles. The Morgan fingerprint density at radius 3 is 1.69 bits per heavy atom. The first-order chi connectivity index (χ1) is 24.3. The Kier molecular flexibility index (Phi) is 5.45. The van der Waals surface area contributed by atoms with Gasteiger partial charge in [-0.1, -0.05) is 146 Å². The van der Waals surface area contributed by atoms with Gasteiger partial charge in [0.25, 0.3) is 0 Å². The third kappa shape index (κ3) is 3.87. The molecule has 49 heavy (non-hydrogen) atoms. The smallest absolute Gasteiger partial charge is 0.143 e. The van der Waals surface area contributed by atoms with Crippen molar-refractivity contribution in [2.75, 3.05) is 0 Å². The fourth-order valence-electron chi connectivity index (χ4n) is 8.31. The summed E-state index contributed by atoms with van der Waals surface area (Å²) >= 11 is 0. The summed E-state index contributed by atoms with van der Waals surface area (Å²) < 4.78 is 6.88. The third-order valence-corrected chi connectivity index (χ3v) is 10.6. The maximum absolute atomic E-state index is 6.88. The predicted octanol–water partition coefficient (Wildman–Crippen LogP) is 13.8. The van der Waals surface area contributed by atoms with E-state index in [0.717, 1.165) is 27.5 Å². The molecule has 0 bridgehead atoms. The molecule has 0 spiro atoms. The van der Waals surface area contributed by atoms with Gasteiger partial charge in [-0.2, -0.15) is 0 Å². The van der Waals surface area contributed by atoms with E-state index in [1.54, 1.807) is 0 Å². The molecular formula is C48H28O. The normalized spacial score (nSPS) is 12.1. The lowest BCUT2D eigenvalue weighted by molar-refractivity contribution is 0.670. The maximum atomic E-state index is 6.88. The predicted molar refractivity (Wildman–Crippen MR) is 209 cm³/mol. The van der Waals surface area contributed by atoms with Crippen LogP contribution in [0, 0.1) is 0 Å². The molecule has 0 unspecified atom stereocenters. The zero-order valence-corrected chi connectivity index (χ0v) is 26.6. The first kappa shape index (κ1) is 26.6. The maximum Gasteiger partial charge on any atom is 0.143 e. The SMILES string of the molecule is c1ccc(-c2ccc(-c3cc(-c4ccc5ccc6cccc7ccc4c5c67)cc4c3oc3cc5ccccc5cc34)c3ccccc23)cc1. The van der Waals surface area contributed by atoms with Gasteiger partial charge in [0.1, 0.15) is 11.2 Å². The van der Waals surface area contributed by atoms with E-state index < -0.39 is 0 Å². The van der Waals surface area contributed by atoms with Crippen LogP contribution in [0.5, 0.6) is 0 Å². The third-order valence-electron chi connectivity index (χ3n) is 10.6. The lowest BCUT2D eigenvalue weighted by Gasteiger charge is -2.16. The molecule has 10 aromatic carbocycles. The van der Waals surface area contributed by atoms with Gasteiger partial charge in [0.2, 0.25) is 0 Å². The second-order valence-electron chi connectivity index (χ2n) is 13.2. The monoisotopic (exact) mass is 620 g/mol. The van der Waals surface area contributed by atoms with Gasteiger partial charge in [0.05, 0.1) is 0 Å². The van der Waals surface area contributed by atoms with Crippen LogP contribution in [-0.4, -0.2) is 0 Å². The number of rotatable bonds is 3. The summed E-state index contributed by atoms with van der Waals surface area (Å²) in [5.41, 5.74) is 8.97. The Morgan fingerprint density at radius 2 is 0.878 bits per heavy atom. The Bertz CT molecular complexity index is 3070. The van der Waals surface area contributed by atoms with E-state index in [1.165, 1.54) is 81.7 Å². The molecule has 0 aliphatic carbocycles. The number of furan rings is 1. The summed E-state index contributed by atoms with van der Waals surface area (Å²) in [7, 11) is 0. The van der Waals surface area contributed by atoms with E-state index in [0.29, 0.717) is 0 Å². The van der Waals surface area contributed by atoms with Crippen molar-refractivity contribution >= 4 is 75.8 Å². The molecule has 0 N–H and O–H groups in total. The average molecular weight is 621 g/mol. The summed E-state index contributed by atoms with van der Waals surface area (Å²) in [5.74, 6) is 0. The Labute approximate surface area is 282 Å². The minimum Gasteiger partial charge on any atom is -0.455 e. The van der Waals surface area contributed by atoms with Crippen LogP contribution in [0.3, 0.4) is 0 Å². The summed E-state index contributed by atoms with van der Waals surface area (Å²) in [6.45, 7) is 0. The van der Waals surface area contributed by atoms with Crippen molar-refractivity contribution in [1.29, 1.82) is 0 Å². The Hall–Kier alpha value is -6.44. The van der Waals surface area contributed by atoms with E-state index in [1.807, 2.05) is 0 Å². The van der Waals surface area contributed by atoms with Crippen LogP contribution in [0.2, 0.25) is 0 Å². The molecule has 1 heterocycles. The topological polar surface area (TPSA) is 13.1 Å². The first-order valence-electron chi connectivity index (χ1n) is 16.9. The van der Waals surface area contributed by atoms with Gasteiger partial charge in [-0.05, 0) is 106 Å². The van der Waals surface area contributed by atoms with Gasteiger partial charge in [-0.3, -0.25) is 0 Å². The van der Waals surface area contributed by atoms with Crippen molar-refractivity contribution in [1.82, 2.24) is 0 Å².